The van der Waals surface area contributed by atoms with Crippen molar-refractivity contribution in [2.45, 2.75) is 245 Å². The summed E-state index contributed by atoms with van der Waals surface area (Å²) in [5, 5.41) is 0. The van der Waals surface area contributed by atoms with Crippen LogP contribution in [-0.4, -0.2) is 42.8 Å². The summed E-state index contributed by atoms with van der Waals surface area (Å²) in [6.07, 6.45) is 40.1. The highest BCUT2D eigenvalue weighted by Crippen LogP contribution is 2.43. The molecule has 0 aliphatic rings. The Balaban J connectivity index is 4.00. The molecule has 0 saturated carbocycles. The third-order valence-electron chi connectivity index (χ3n) is 9.91. The van der Waals surface area contributed by atoms with Gasteiger partial charge in [-0.25, -0.2) is 4.57 Å². The Bertz CT molecular complexity index is 823. The monoisotopic (exact) mass is 761 g/mol. The van der Waals surface area contributed by atoms with E-state index in [0.29, 0.717) is 6.42 Å². The van der Waals surface area contributed by atoms with Gasteiger partial charge in [-0.3, -0.25) is 18.6 Å². The molecule has 0 aromatic rings. The van der Waals surface area contributed by atoms with E-state index < -0.39 is 19.9 Å². The van der Waals surface area contributed by atoms with E-state index in [1.807, 2.05) is 0 Å². The molecule has 2 atom stereocenters. The lowest BCUT2D eigenvalue weighted by molar-refractivity contribution is -0.161. The van der Waals surface area contributed by atoms with Gasteiger partial charge in [0.25, 0.3) is 0 Å². The summed E-state index contributed by atoms with van der Waals surface area (Å²) in [5.41, 5.74) is 0. The Morgan fingerprint density at radius 1 is 0.442 bits per heavy atom. The number of hydrogen-bond acceptors (Lipinski definition) is 7. The minimum Gasteiger partial charge on any atom is -0.462 e. The molecule has 0 rings (SSSR count). The first kappa shape index (κ1) is 51.0. The zero-order valence-corrected chi connectivity index (χ0v) is 35.4. The summed E-state index contributed by atoms with van der Waals surface area (Å²) in [7, 11) is -4.27. The molecule has 0 fully saturated rings. The van der Waals surface area contributed by atoms with E-state index in [-0.39, 0.29) is 32.2 Å². The summed E-state index contributed by atoms with van der Waals surface area (Å²) < 4.78 is 32.7. The second kappa shape index (κ2) is 39.7. The number of carbonyl (C=O) groups is 2. The molecule has 1 N–H and O–H groups in total. The Morgan fingerprint density at radius 2 is 0.750 bits per heavy atom. The van der Waals surface area contributed by atoms with Crippen molar-refractivity contribution in [3.05, 3.63) is 0 Å². The van der Waals surface area contributed by atoms with Crippen LogP contribution >= 0.6 is 7.82 Å². The van der Waals surface area contributed by atoms with Gasteiger partial charge in [-0.15, -0.1) is 0 Å². The van der Waals surface area contributed by atoms with Gasteiger partial charge in [-0.2, -0.15) is 0 Å². The summed E-state index contributed by atoms with van der Waals surface area (Å²) in [6.45, 7) is 5.52. The molecule has 310 valence electrons. The van der Waals surface area contributed by atoms with Crippen LogP contribution in [0.5, 0.6) is 0 Å². The number of carbonyl (C=O) groups excluding carboxylic acids is 2. The molecule has 0 aliphatic carbocycles. The lowest BCUT2D eigenvalue weighted by Gasteiger charge is -2.19. The number of ether oxygens (including phenoxy) is 2. The Morgan fingerprint density at radius 3 is 1.08 bits per heavy atom. The Kier molecular flexibility index (Phi) is 39.0. The van der Waals surface area contributed by atoms with Gasteiger partial charge in [0.15, 0.2) is 6.10 Å². The highest BCUT2D eigenvalue weighted by atomic mass is 31.2. The van der Waals surface area contributed by atoms with E-state index in [1.165, 1.54) is 167 Å². The van der Waals surface area contributed by atoms with Crippen LogP contribution in [0, 0.1) is 0 Å². The van der Waals surface area contributed by atoms with Gasteiger partial charge < -0.3 is 14.4 Å². The smallest absolute Gasteiger partial charge is 0.462 e. The van der Waals surface area contributed by atoms with Gasteiger partial charge in [0.1, 0.15) is 6.61 Å². The number of esters is 2. The van der Waals surface area contributed by atoms with Crippen molar-refractivity contribution in [3.63, 3.8) is 0 Å². The second-order valence-corrected chi connectivity index (χ2v) is 16.5. The van der Waals surface area contributed by atoms with E-state index in [9.17, 15) is 19.0 Å². The van der Waals surface area contributed by atoms with Gasteiger partial charge in [0.2, 0.25) is 0 Å². The Hall–Kier alpha value is -0.950. The molecule has 9 heteroatoms. The first-order chi connectivity index (χ1) is 25.3. The fourth-order valence-electron chi connectivity index (χ4n) is 6.63. The highest BCUT2D eigenvalue weighted by Gasteiger charge is 2.25. The molecule has 0 bridgehead atoms. The van der Waals surface area contributed by atoms with Gasteiger partial charge in [0.05, 0.1) is 13.2 Å². The quantitative estimate of drug-likeness (QED) is 0.0372. The third kappa shape index (κ3) is 38.8. The molecule has 0 spiro atoms. The fourth-order valence-corrected chi connectivity index (χ4v) is 7.39. The van der Waals surface area contributed by atoms with Crippen molar-refractivity contribution in [3.8, 4) is 0 Å². The minimum absolute atomic E-state index is 0.00572. The molecule has 8 nitrogen and oxygen atoms in total. The first-order valence-electron chi connectivity index (χ1n) is 22.3. The van der Waals surface area contributed by atoms with Crippen LogP contribution in [0.2, 0.25) is 0 Å². The van der Waals surface area contributed by atoms with E-state index in [0.717, 1.165) is 38.5 Å². The number of hydrogen-bond donors (Lipinski definition) is 1. The molecule has 0 aliphatic heterocycles. The zero-order chi connectivity index (χ0) is 38.2. The highest BCUT2D eigenvalue weighted by molar-refractivity contribution is 7.47. The lowest BCUT2D eigenvalue weighted by atomic mass is 10.0. The second-order valence-electron chi connectivity index (χ2n) is 15.1. The van der Waals surface area contributed by atoms with E-state index in [4.69, 9.17) is 18.5 Å². The topological polar surface area (TPSA) is 108 Å². The zero-order valence-electron chi connectivity index (χ0n) is 34.5. The van der Waals surface area contributed by atoms with Crippen molar-refractivity contribution < 1.29 is 37.6 Å². The summed E-state index contributed by atoms with van der Waals surface area (Å²) >= 11 is 0. The standard InChI is InChI=1S/C43H85O8P/c1-4-7-9-11-13-15-17-19-21-22-23-24-26-28-30-32-34-36-38-43(45)51-41(40-50-52(46,47)49-6-3)39-48-42(44)37-35-33-31-29-27-25-20-18-16-14-12-10-8-5-2/h41H,4-40H2,1-3H3,(H,46,47). The van der Waals surface area contributed by atoms with Gasteiger partial charge in [-0.1, -0.05) is 206 Å². The van der Waals surface area contributed by atoms with E-state index in [2.05, 4.69) is 13.8 Å². The maximum absolute atomic E-state index is 12.6. The number of phosphoric ester groups is 1. The number of phosphoric acid groups is 1. The molecule has 0 radical (unpaired) electrons. The summed E-state index contributed by atoms with van der Waals surface area (Å²) in [5.74, 6) is -0.780. The van der Waals surface area contributed by atoms with Crippen molar-refractivity contribution in [1.82, 2.24) is 0 Å². The van der Waals surface area contributed by atoms with Gasteiger partial charge in [0, 0.05) is 12.8 Å². The molecule has 0 saturated heterocycles. The molecule has 0 aromatic heterocycles. The summed E-state index contributed by atoms with van der Waals surface area (Å²) in [4.78, 5) is 34.7. The maximum atomic E-state index is 12.6. The van der Waals surface area contributed by atoms with Crippen LogP contribution in [0.1, 0.15) is 239 Å². The first-order valence-corrected chi connectivity index (χ1v) is 23.8. The average molecular weight is 761 g/mol. The molecule has 0 aromatic carbocycles. The van der Waals surface area contributed by atoms with Crippen molar-refractivity contribution in [2.75, 3.05) is 19.8 Å². The van der Waals surface area contributed by atoms with Crippen molar-refractivity contribution in [2.24, 2.45) is 0 Å². The average Bonchev–Trinajstić information content (AvgIpc) is 3.12. The Labute approximate surface area is 321 Å². The number of rotatable bonds is 42. The predicted octanol–water partition coefficient (Wildman–Crippen LogP) is 13.9. The van der Waals surface area contributed by atoms with Crippen LogP contribution in [0.3, 0.4) is 0 Å². The maximum Gasteiger partial charge on any atom is 0.472 e. The predicted molar refractivity (Wildman–Crippen MR) is 217 cm³/mol. The van der Waals surface area contributed by atoms with Gasteiger partial charge in [-0.05, 0) is 19.8 Å². The fraction of sp³-hybridized carbons (Fsp3) is 0.953. The molecular weight excluding hydrogens is 675 g/mol. The molecule has 2 unspecified atom stereocenters. The van der Waals surface area contributed by atoms with Crippen LogP contribution in [0.25, 0.3) is 0 Å². The normalized spacial score (nSPS) is 13.2. The van der Waals surface area contributed by atoms with Crippen LogP contribution in [0.15, 0.2) is 0 Å². The van der Waals surface area contributed by atoms with Crippen LogP contribution in [0.4, 0.5) is 0 Å². The molecular formula is C43H85O8P. The van der Waals surface area contributed by atoms with Gasteiger partial charge >= 0.3 is 19.8 Å². The number of unbranched alkanes of at least 4 members (excludes halogenated alkanes) is 30. The molecule has 0 heterocycles. The van der Waals surface area contributed by atoms with Crippen molar-refractivity contribution >= 4 is 19.8 Å². The molecule has 52 heavy (non-hydrogen) atoms. The van der Waals surface area contributed by atoms with Crippen LogP contribution in [-0.2, 0) is 32.7 Å². The summed E-state index contributed by atoms with van der Waals surface area (Å²) in [6, 6.07) is 0. The van der Waals surface area contributed by atoms with Crippen LogP contribution < -0.4 is 0 Å². The van der Waals surface area contributed by atoms with Crippen molar-refractivity contribution in [1.29, 1.82) is 0 Å². The largest absolute Gasteiger partial charge is 0.472 e. The molecule has 0 amide bonds. The third-order valence-corrected chi connectivity index (χ3v) is 11.0. The minimum atomic E-state index is -4.27. The lowest BCUT2D eigenvalue weighted by Crippen LogP contribution is -2.29. The van der Waals surface area contributed by atoms with E-state index in [1.54, 1.807) is 6.92 Å². The van der Waals surface area contributed by atoms with E-state index >= 15 is 0 Å². The SMILES string of the molecule is CCCCCCCCCCCCCCCCCCCCC(=O)OC(COC(=O)CCCCCCCCCCCCCCCC)COP(=O)(O)OCC.